The Morgan fingerprint density at radius 2 is 2.00 bits per heavy atom. The van der Waals surface area contributed by atoms with Gasteiger partial charge < -0.3 is 10.4 Å². The predicted molar refractivity (Wildman–Crippen MR) is 74.7 cm³/mol. The predicted octanol–water partition coefficient (Wildman–Crippen LogP) is 2.66. The molecular weight excluding hydrogens is 242 g/mol. The van der Waals surface area contributed by atoms with Gasteiger partial charge in [-0.25, -0.2) is 4.79 Å². The molecular formula is C15H23NO3. The fraction of sp³-hybridized carbons (Fsp3) is 0.600. The minimum Gasteiger partial charge on any atom is -0.480 e. The van der Waals surface area contributed by atoms with Crippen LogP contribution in [0.4, 0.5) is 0 Å². The molecule has 0 saturated carbocycles. The maximum atomic E-state index is 12.1. The van der Waals surface area contributed by atoms with E-state index in [0.29, 0.717) is 12.0 Å². The van der Waals surface area contributed by atoms with Gasteiger partial charge in [0.25, 0.3) is 5.91 Å². The third kappa shape index (κ3) is 5.73. The van der Waals surface area contributed by atoms with Gasteiger partial charge in [0.2, 0.25) is 0 Å². The fourth-order valence-corrected chi connectivity index (χ4v) is 2.05. The average Bonchev–Trinajstić information content (AvgIpc) is 2.26. The first-order chi connectivity index (χ1) is 9.00. The molecule has 1 aliphatic rings. The summed E-state index contributed by atoms with van der Waals surface area (Å²) in [6, 6.07) is -0.813. The SMILES string of the molecule is CC(C)CC(NC(=O)C1=CCCCCC=C1)C(=O)O. The fourth-order valence-electron chi connectivity index (χ4n) is 2.05. The number of allylic oxidation sites excluding steroid dienone is 2. The van der Waals surface area contributed by atoms with Gasteiger partial charge in [0, 0.05) is 5.57 Å². The number of carbonyl (C=O) groups is 2. The van der Waals surface area contributed by atoms with Crippen LogP contribution in [0.5, 0.6) is 0 Å². The Balaban J connectivity index is 2.67. The number of carbonyl (C=O) groups excluding carboxylic acids is 1. The van der Waals surface area contributed by atoms with Crippen molar-refractivity contribution >= 4 is 11.9 Å². The molecule has 4 heteroatoms. The molecule has 2 N–H and O–H groups in total. The van der Waals surface area contributed by atoms with E-state index < -0.39 is 12.0 Å². The number of hydrogen-bond acceptors (Lipinski definition) is 2. The van der Waals surface area contributed by atoms with Crippen molar-refractivity contribution in [1.29, 1.82) is 0 Å². The second kappa shape index (κ2) is 7.77. The van der Waals surface area contributed by atoms with Crippen LogP contribution in [0.3, 0.4) is 0 Å². The van der Waals surface area contributed by atoms with E-state index >= 15 is 0 Å². The van der Waals surface area contributed by atoms with Gasteiger partial charge in [0.1, 0.15) is 6.04 Å². The van der Waals surface area contributed by atoms with Crippen LogP contribution in [-0.2, 0) is 9.59 Å². The number of aliphatic carboxylic acids is 1. The molecule has 0 spiro atoms. The van der Waals surface area contributed by atoms with E-state index in [4.69, 9.17) is 5.11 Å². The van der Waals surface area contributed by atoms with Crippen molar-refractivity contribution in [1.82, 2.24) is 5.32 Å². The minimum atomic E-state index is -0.975. The second-order valence-corrected chi connectivity index (χ2v) is 5.34. The van der Waals surface area contributed by atoms with Crippen LogP contribution in [0.2, 0.25) is 0 Å². The number of hydrogen-bond donors (Lipinski definition) is 2. The Kier molecular flexibility index (Phi) is 6.33. The Hall–Kier alpha value is -1.58. The molecule has 0 aliphatic heterocycles. The van der Waals surface area contributed by atoms with Crippen LogP contribution in [0, 0.1) is 5.92 Å². The van der Waals surface area contributed by atoms with E-state index in [1.165, 1.54) is 0 Å². The Bertz CT molecular complexity index is 383. The number of carboxylic acid groups (broad SMARTS) is 1. The van der Waals surface area contributed by atoms with Crippen LogP contribution in [0.15, 0.2) is 23.8 Å². The maximum Gasteiger partial charge on any atom is 0.326 e. The van der Waals surface area contributed by atoms with Gasteiger partial charge in [-0.1, -0.05) is 32.1 Å². The Morgan fingerprint density at radius 3 is 2.63 bits per heavy atom. The standard InChI is InChI=1S/C15H23NO3/c1-11(2)10-13(15(18)19)16-14(17)12-8-6-4-3-5-7-9-12/h6,8-9,11,13H,3-5,7,10H2,1-2H3,(H,16,17)(H,18,19). The molecule has 1 atom stereocenters. The zero-order chi connectivity index (χ0) is 14.3. The highest BCUT2D eigenvalue weighted by Gasteiger charge is 2.22. The third-order valence-corrected chi connectivity index (χ3v) is 3.06. The van der Waals surface area contributed by atoms with Gasteiger partial charge >= 0.3 is 5.97 Å². The lowest BCUT2D eigenvalue weighted by molar-refractivity contribution is -0.141. The molecule has 0 heterocycles. The van der Waals surface area contributed by atoms with E-state index in [1.807, 2.05) is 26.0 Å². The number of carboxylic acids is 1. The van der Waals surface area contributed by atoms with Gasteiger partial charge in [0.05, 0.1) is 0 Å². The zero-order valence-corrected chi connectivity index (χ0v) is 11.7. The van der Waals surface area contributed by atoms with Crippen molar-refractivity contribution in [2.24, 2.45) is 5.92 Å². The molecule has 1 unspecified atom stereocenters. The van der Waals surface area contributed by atoms with Gasteiger partial charge in [-0.3, -0.25) is 4.79 Å². The van der Waals surface area contributed by atoms with Crippen LogP contribution in [0.25, 0.3) is 0 Å². The van der Waals surface area contributed by atoms with Gasteiger partial charge in [-0.2, -0.15) is 0 Å². The molecule has 106 valence electrons. The lowest BCUT2D eigenvalue weighted by Gasteiger charge is -2.17. The first-order valence-electron chi connectivity index (χ1n) is 6.91. The third-order valence-electron chi connectivity index (χ3n) is 3.06. The van der Waals surface area contributed by atoms with Gasteiger partial charge in [-0.05, 0) is 38.0 Å². The quantitative estimate of drug-likeness (QED) is 0.803. The highest BCUT2D eigenvalue weighted by molar-refractivity contribution is 5.98. The molecule has 4 nitrogen and oxygen atoms in total. The summed E-state index contributed by atoms with van der Waals surface area (Å²) in [6.45, 7) is 3.88. The summed E-state index contributed by atoms with van der Waals surface area (Å²) in [5, 5.41) is 11.7. The largest absolute Gasteiger partial charge is 0.480 e. The number of nitrogens with one attached hydrogen (secondary N) is 1. The Labute approximate surface area is 114 Å². The summed E-state index contributed by atoms with van der Waals surface area (Å²) in [6.07, 6.45) is 10.1. The van der Waals surface area contributed by atoms with Gasteiger partial charge in [0.15, 0.2) is 0 Å². The summed E-state index contributed by atoms with van der Waals surface area (Å²) >= 11 is 0. The van der Waals surface area contributed by atoms with Crippen molar-refractivity contribution in [3.05, 3.63) is 23.8 Å². The Morgan fingerprint density at radius 1 is 1.32 bits per heavy atom. The molecule has 0 radical (unpaired) electrons. The highest BCUT2D eigenvalue weighted by atomic mass is 16.4. The normalized spacial score (nSPS) is 17.3. The molecule has 1 rings (SSSR count). The molecule has 0 aromatic rings. The van der Waals surface area contributed by atoms with Crippen molar-refractivity contribution < 1.29 is 14.7 Å². The molecule has 1 aliphatic carbocycles. The topological polar surface area (TPSA) is 66.4 Å². The number of rotatable bonds is 5. The van der Waals surface area contributed by atoms with E-state index in [-0.39, 0.29) is 11.8 Å². The monoisotopic (exact) mass is 265 g/mol. The van der Waals surface area contributed by atoms with E-state index in [1.54, 1.807) is 6.08 Å². The van der Waals surface area contributed by atoms with E-state index in [2.05, 4.69) is 5.32 Å². The molecule has 0 aromatic heterocycles. The molecule has 0 aromatic carbocycles. The maximum absolute atomic E-state index is 12.1. The summed E-state index contributed by atoms with van der Waals surface area (Å²) in [5.74, 6) is -1.04. The summed E-state index contributed by atoms with van der Waals surface area (Å²) in [4.78, 5) is 23.2. The van der Waals surface area contributed by atoms with Crippen LogP contribution in [-0.4, -0.2) is 23.0 Å². The smallest absolute Gasteiger partial charge is 0.326 e. The molecule has 0 bridgehead atoms. The second-order valence-electron chi connectivity index (χ2n) is 5.34. The van der Waals surface area contributed by atoms with Crippen molar-refractivity contribution in [2.45, 2.75) is 52.0 Å². The average molecular weight is 265 g/mol. The van der Waals surface area contributed by atoms with Crippen LogP contribution in [0.1, 0.15) is 46.0 Å². The number of amides is 1. The van der Waals surface area contributed by atoms with Crippen molar-refractivity contribution in [3.8, 4) is 0 Å². The molecule has 19 heavy (non-hydrogen) atoms. The van der Waals surface area contributed by atoms with E-state index in [0.717, 1.165) is 25.7 Å². The first-order valence-corrected chi connectivity index (χ1v) is 6.91. The molecule has 1 amide bonds. The summed E-state index contributed by atoms with van der Waals surface area (Å²) < 4.78 is 0. The lowest BCUT2D eigenvalue weighted by atomic mass is 10.0. The lowest BCUT2D eigenvalue weighted by Crippen LogP contribution is -2.42. The first kappa shape index (κ1) is 15.5. The van der Waals surface area contributed by atoms with E-state index in [9.17, 15) is 9.59 Å². The van der Waals surface area contributed by atoms with Crippen molar-refractivity contribution in [3.63, 3.8) is 0 Å². The zero-order valence-electron chi connectivity index (χ0n) is 11.7. The summed E-state index contributed by atoms with van der Waals surface area (Å²) in [7, 11) is 0. The minimum absolute atomic E-state index is 0.225. The highest BCUT2D eigenvalue weighted by Crippen LogP contribution is 2.12. The molecule has 0 saturated heterocycles. The van der Waals surface area contributed by atoms with Gasteiger partial charge in [-0.15, -0.1) is 0 Å². The molecule has 0 fully saturated rings. The van der Waals surface area contributed by atoms with Crippen molar-refractivity contribution in [2.75, 3.05) is 0 Å². The van der Waals surface area contributed by atoms with Crippen LogP contribution < -0.4 is 5.32 Å². The van der Waals surface area contributed by atoms with Crippen LogP contribution >= 0.6 is 0 Å². The summed E-state index contributed by atoms with van der Waals surface area (Å²) in [5.41, 5.74) is 0.578.